The van der Waals surface area contributed by atoms with E-state index in [4.69, 9.17) is 0 Å². The first-order valence-electron chi connectivity index (χ1n) is 7.51. The Morgan fingerprint density at radius 1 is 1.09 bits per heavy atom. The highest BCUT2D eigenvalue weighted by atomic mass is 16.2. The number of nitrogens with zero attached hydrogens (tertiary/aromatic N) is 4. The van der Waals surface area contributed by atoms with Gasteiger partial charge in [-0.3, -0.25) is 9.59 Å². The minimum atomic E-state index is -0.278. The first kappa shape index (κ1) is 15.1. The third-order valence-electron chi connectivity index (χ3n) is 4.07. The monoisotopic (exact) mass is 310 g/mol. The van der Waals surface area contributed by atoms with Gasteiger partial charge in [-0.2, -0.15) is 0 Å². The van der Waals surface area contributed by atoms with Gasteiger partial charge in [-0.05, 0) is 19.1 Å². The molecule has 0 atom stereocenters. The number of para-hydroxylation sites is 1. The molecule has 1 fully saturated rings. The number of Topliss-reactive ketones (excluding diaryl/α,β-unsaturated/α-hetero) is 1. The van der Waals surface area contributed by atoms with Gasteiger partial charge in [0.05, 0.1) is 11.1 Å². The Bertz CT molecular complexity index is 774. The van der Waals surface area contributed by atoms with E-state index < -0.39 is 0 Å². The summed E-state index contributed by atoms with van der Waals surface area (Å²) in [7, 11) is 0. The van der Waals surface area contributed by atoms with Crippen molar-refractivity contribution in [1.82, 2.24) is 14.9 Å². The maximum Gasteiger partial charge on any atom is 0.256 e. The Morgan fingerprint density at radius 2 is 1.78 bits per heavy atom. The van der Waals surface area contributed by atoms with E-state index in [1.165, 1.54) is 6.92 Å². The number of carbonyl (C=O) groups is 2. The third-order valence-corrected chi connectivity index (χ3v) is 4.07. The number of anilines is 1. The molecule has 1 aliphatic heterocycles. The van der Waals surface area contributed by atoms with Crippen LogP contribution in [0.4, 0.5) is 5.82 Å². The Labute approximate surface area is 134 Å². The maximum absolute atomic E-state index is 12.2. The quantitative estimate of drug-likeness (QED) is 0.487. The molecule has 1 saturated heterocycles. The average Bonchev–Trinajstić information content (AvgIpc) is 2.60. The summed E-state index contributed by atoms with van der Waals surface area (Å²) in [5.74, 6) is 0.331. The van der Waals surface area contributed by atoms with Crippen LogP contribution in [0.25, 0.3) is 10.9 Å². The van der Waals surface area contributed by atoms with Gasteiger partial charge in [0.15, 0.2) is 5.78 Å². The van der Waals surface area contributed by atoms with E-state index in [1.54, 1.807) is 11.2 Å². The van der Waals surface area contributed by atoms with Gasteiger partial charge in [0.1, 0.15) is 12.1 Å². The second-order valence-corrected chi connectivity index (χ2v) is 5.53. The average molecular weight is 310 g/mol. The van der Waals surface area contributed by atoms with Crippen molar-refractivity contribution in [2.24, 2.45) is 0 Å². The fourth-order valence-corrected chi connectivity index (χ4v) is 2.71. The van der Waals surface area contributed by atoms with Crippen molar-refractivity contribution < 1.29 is 9.59 Å². The molecular weight excluding hydrogens is 292 g/mol. The van der Waals surface area contributed by atoms with E-state index in [-0.39, 0.29) is 17.3 Å². The summed E-state index contributed by atoms with van der Waals surface area (Å²) in [6.45, 7) is 7.36. The summed E-state index contributed by atoms with van der Waals surface area (Å²) in [6.07, 6.45) is 1.56. The number of aromatic nitrogens is 2. The molecule has 2 heterocycles. The molecule has 23 heavy (non-hydrogen) atoms. The van der Waals surface area contributed by atoms with E-state index in [0.29, 0.717) is 26.2 Å². The van der Waals surface area contributed by atoms with Crippen molar-refractivity contribution in [3.8, 4) is 0 Å². The van der Waals surface area contributed by atoms with Crippen LogP contribution in [0.3, 0.4) is 0 Å². The summed E-state index contributed by atoms with van der Waals surface area (Å²) < 4.78 is 0. The molecule has 0 bridgehead atoms. The van der Waals surface area contributed by atoms with Crippen molar-refractivity contribution in [1.29, 1.82) is 0 Å². The molecule has 1 amide bonds. The van der Waals surface area contributed by atoms with E-state index >= 15 is 0 Å². The highest BCUT2D eigenvalue weighted by Gasteiger charge is 2.25. The molecule has 0 N–H and O–H groups in total. The number of hydrogen-bond acceptors (Lipinski definition) is 5. The van der Waals surface area contributed by atoms with Crippen molar-refractivity contribution in [3.05, 3.63) is 42.7 Å². The highest BCUT2D eigenvalue weighted by Crippen LogP contribution is 2.23. The molecule has 0 aliphatic carbocycles. The Morgan fingerprint density at radius 3 is 2.48 bits per heavy atom. The van der Waals surface area contributed by atoms with Crippen LogP contribution in [0.5, 0.6) is 0 Å². The lowest BCUT2D eigenvalue weighted by atomic mass is 10.1. The molecule has 6 nitrogen and oxygen atoms in total. The predicted octanol–water partition coefficient (Wildman–Crippen LogP) is 1.42. The summed E-state index contributed by atoms with van der Waals surface area (Å²) in [5, 5.41) is 1.00. The Kier molecular flexibility index (Phi) is 4.06. The van der Waals surface area contributed by atoms with E-state index in [0.717, 1.165) is 16.7 Å². The molecule has 0 saturated carbocycles. The van der Waals surface area contributed by atoms with E-state index in [1.807, 2.05) is 24.3 Å². The van der Waals surface area contributed by atoms with Crippen LogP contribution in [0.15, 0.2) is 42.7 Å². The fraction of sp³-hybridized carbons (Fsp3) is 0.294. The zero-order chi connectivity index (χ0) is 16.4. The summed E-state index contributed by atoms with van der Waals surface area (Å²) in [6, 6.07) is 7.87. The first-order valence-corrected chi connectivity index (χ1v) is 7.51. The number of ketones is 1. The highest BCUT2D eigenvalue weighted by molar-refractivity contribution is 6.17. The Balaban J connectivity index is 1.75. The third kappa shape index (κ3) is 2.92. The smallest absolute Gasteiger partial charge is 0.256 e. The van der Waals surface area contributed by atoms with Gasteiger partial charge in [-0.15, -0.1) is 0 Å². The van der Waals surface area contributed by atoms with Gasteiger partial charge in [0.2, 0.25) is 0 Å². The molecule has 0 unspecified atom stereocenters. The predicted molar refractivity (Wildman–Crippen MR) is 88.2 cm³/mol. The molecule has 0 radical (unpaired) electrons. The van der Waals surface area contributed by atoms with Crippen molar-refractivity contribution in [2.45, 2.75) is 6.92 Å². The molecule has 6 heteroatoms. The Hall–Kier alpha value is -2.76. The molecule has 1 aromatic carbocycles. The second-order valence-electron chi connectivity index (χ2n) is 5.53. The fourth-order valence-electron chi connectivity index (χ4n) is 2.71. The van der Waals surface area contributed by atoms with Crippen LogP contribution >= 0.6 is 0 Å². The standard InChI is InChI=1S/C17H18N4O2/c1-12(13(2)22)17(23)21-9-7-20(8-10-21)16-14-5-3-4-6-15(14)18-11-19-16/h3-6,11H,1,7-10H2,2H3. The van der Waals surface area contributed by atoms with Gasteiger partial charge >= 0.3 is 0 Å². The van der Waals surface area contributed by atoms with Crippen LogP contribution in [-0.2, 0) is 9.59 Å². The lowest BCUT2D eigenvalue weighted by Crippen LogP contribution is -2.49. The van der Waals surface area contributed by atoms with Crippen molar-refractivity contribution in [2.75, 3.05) is 31.1 Å². The van der Waals surface area contributed by atoms with Gasteiger partial charge < -0.3 is 9.80 Å². The topological polar surface area (TPSA) is 66.4 Å². The van der Waals surface area contributed by atoms with Crippen LogP contribution < -0.4 is 4.90 Å². The van der Waals surface area contributed by atoms with Gasteiger partial charge in [-0.25, -0.2) is 9.97 Å². The summed E-state index contributed by atoms with van der Waals surface area (Å²) in [4.78, 5) is 35.9. The number of amides is 1. The number of fused-ring (bicyclic) bond motifs is 1. The number of benzene rings is 1. The summed E-state index contributed by atoms with van der Waals surface area (Å²) >= 11 is 0. The minimum Gasteiger partial charge on any atom is -0.352 e. The maximum atomic E-state index is 12.2. The number of rotatable bonds is 3. The number of carbonyl (C=O) groups excluding carboxylic acids is 2. The van der Waals surface area contributed by atoms with Gasteiger partial charge in [-0.1, -0.05) is 18.7 Å². The molecular formula is C17H18N4O2. The van der Waals surface area contributed by atoms with Crippen molar-refractivity contribution in [3.63, 3.8) is 0 Å². The largest absolute Gasteiger partial charge is 0.352 e. The normalized spacial score (nSPS) is 14.8. The zero-order valence-electron chi connectivity index (χ0n) is 13.0. The van der Waals surface area contributed by atoms with E-state index in [9.17, 15) is 9.59 Å². The molecule has 2 aromatic rings. The van der Waals surface area contributed by atoms with Gasteiger partial charge in [0.25, 0.3) is 5.91 Å². The SMILES string of the molecule is C=C(C(C)=O)C(=O)N1CCN(c2ncnc3ccccc23)CC1. The van der Waals surface area contributed by atoms with Crippen LogP contribution in [-0.4, -0.2) is 52.7 Å². The number of hydrogen-bond donors (Lipinski definition) is 0. The molecule has 3 rings (SSSR count). The number of piperazine rings is 1. The lowest BCUT2D eigenvalue weighted by molar-refractivity contribution is -0.129. The first-order chi connectivity index (χ1) is 11.1. The van der Waals surface area contributed by atoms with Crippen LogP contribution in [0.2, 0.25) is 0 Å². The van der Waals surface area contributed by atoms with Crippen molar-refractivity contribution >= 4 is 28.4 Å². The zero-order valence-corrected chi connectivity index (χ0v) is 13.0. The van der Waals surface area contributed by atoms with Crippen LogP contribution in [0, 0.1) is 0 Å². The minimum absolute atomic E-state index is 0.0472. The molecule has 0 spiro atoms. The van der Waals surface area contributed by atoms with Gasteiger partial charge in [0, 0.05) is 31.6 Å². The molecule has 1 aliphatic rings. The van der Waals surface area contributed by atoms with Crippen LogP contribution in [0.1, 0.15) is 6.92 Å². The van der Waals surface area contributed by atoms with E-state index in [2.05, 4.69) is 21.4 Å². The summed E-state index contributed by atoms with van der Waals surface area (Å²) in [5.41, 5.74) is 0.951. The molecule has 1 aromatic heterocycles. The second kappa shape index (κ2) is 6.16. The molecule has 118 valence electrons. The lowest BCUT2D eigenvalue weighted by Gasteiger charge is -2.35.